The molecule has 0 fully saturated rings. The Morgan fingerprint density at radius 1 is 1.50 bits per heavy atom. The van der Waals surface area contributed by atoms with E-state index in [2.05, 4.69) is 5.32 Å². The Bertz CT molecular complexity index is 175. The highest BCUT2D eigenvalue weighted by Crippen LogP contribution is 2.07. The highest BCUT2D eigenvalue weighted by Gasteiger charge is 2.17. The maximum Gasteiger partial charge on any atom is 0.407 e. The van der Waals surface area contributed by atoms with Crippen molar-refractivity contribution in [3.63, 3.8) is 0 Å². The second-order valence-electron chi connectivity index (χ2n) is 4.48. The molecular formula is C10H22N2O2. The summed E-state index contributed by atoms with van der Waals surface area (Å²) in [5.74, 6) is 0. The molecular weight excluding hydrogens is 180 g/mol. The summed E-state index contributed by atoms with van der Waals surface area (Å²) < 4.78 is 5.11. The summed E-state index contributed by atoms with van der Waals surface area (Å²) in [4.78, 5) is 11.3. The van der Waals surface area contributed by atoms with Crippen LogP contribution in [0.2, 0.25) is 0 Å². The lowest BCUT2D eigenvalue weighted by atomic mass is 10.2. The monoisotopic (exact) mass is 202 g/mol. The van der Waals surface area contributed by atoms with Crippen LogP contribution in [0.5, 0.6) is 0 Å². The van der Waals surface area contributed by atoms with Gasteiger partial charge in [-0.3, -0.25) is 0 Å². The number of ether oxygens (including phenoxy) is 1. The number of nitrogens with two attached hydrogens (primary N) is 1. The smallest absolute Gasteiger partial charge is 0.407 e. The fourth-order valence-corrected chi connectivity index (χ4v) is 1.00. The number of carbonyl (C=O) groups excluding carboxylic acids is 1. The first-order chi connectivity index (χ1) is 6.35. The minimum atomic E-state index is -0.433. The first kappa shape index (κ1) is 13.2. The van der Waals surface area contributed by atoms with Gasteiger partial charge in [-0.25, -0.2) is 4.79 Å². The first-order valence-corrected chi connectivity index (χ1v) is 5.04. The van der Waals surface area contributed by atoms with Gasteiger partial charge in [0.15, 0.2) is 0 Å². The molecule has 0 unspecified atom stereocenters. The molecule has 1 amide bonds. The normalized spacial score (nSPS) is 13.5. The average Bonchev–Trinajstić information content (AvgIpc) is 1.96. The highest BCUT2D eigenvalue weighted by molar-refractivity contribution is 5.67. The van der Waals surface area contributed by atoms with Crippen molar-refractivity contribution in [2.24, 2.45) is 5.73 Å². The van der Waals surface area contributed by atoms with E-state index in [0.717, 1.165) is 12.8 Å². The largest absolute Gasteiger partial charge is 0.444 e. The van der Waals surface area contributed by atoms with Crippen LogP contribution in [0.1, 0.15) is 40.5 Å². The second-order valence-corrected chi connectivity index (χ2v) is 4.48. The molecule has 4 nitrogen and oxygen atoms in total. The molecule has 0 aliphatic rings. The fourth-order valence-electron chi connectivity index (χ4n) is 1.00. The molecule has 0 saturated heterocycles. The second kappa shape index (κ2) is 5.86. The summed E-state index contributed by atoms with van der Waals surface area (Å²) in [6.45, 7) is 8.13. The van der Waals surface area contributed by atoms with E-state index in [1.807, 2.05) is 27.7 Å². The SMILES string of the molecule is C[C@@H](CCCN)NC(=O)OC(C)(C)C. The Balaban J connectivity index is 3.71. The van der Waals surface area contributed by atoms with E-state index in [0.29, 0.717) is 6.54 Å². The van der Waals surface area contributed by atoms with Crippen LogP contribution in [0.25, 0.3) is 0 Å². The fraction of sp³-hybridized carbons (Fsp3) is 0.900. The minimum absolute atomic E-state index is 0.119. The summed E-state index contributed by atoms with van der Waals surface area (Å²) in [6, 6.07) is 0.119. The van der Waals surface area contributed by atoms with Gasteiger partial charge in [-0.05, 0) is 47.1 Å². The third kappa shape index (κ3) is 7.86. The van der Waals surface area contributed by atoms with E-state index in [9.17, 15) is 4.79 Å². The molecule has 0 aliphatic carbocycles. The Kier molecular flexibility index (Phi) is 5.53. The van der Waals surface area contributed by atoms with Gasteiger partial charge in [0.05, 0.1) is 0 Å². The third-order valence-corrected chi connectivity index (χ3v) is 1.60. The molecule has 0 aromatic rings. The van der Waals surface area contributed by atoms with Crippen LogP contribution in [0.3, 0.4) is 0 Å². The molecule has 14 heavy (non-hydrogen) atoms. The Labute approximate surface area is 86.2 Å². The summed E-state index contributed by atoms with van der Waals surface area (Å²) in [5, 5.41) is 2.75. The molecule has 0 aliphatic heterocycles. The standard InChI is InChI=1S/C10H22N2O2/c1-8(6-5-7-11)12-9(13)14-10(2,3)4/h8H,5-7,11H2,1-4H3,(H,12,13)/t8-/m0/s1. The number of rotatable bonds is 4. The maximum atomic E-state index is 11.3. The van der Waals surface area contributed by atoms with Crippen LogP contribution in [0.4, 0.5) is 4.79 Å². The molecule has 4 heteroatoms. The van der Waals surface area contributed by atoms with Crippen molar-refractivity contribution >= 4 is 6.09 Å². The molecule has 84 valence electrons. The average molecular weight is 202 g/mol. The molecule has 1 atom stereocenters. The molecule has 0 spiro atoms. The first-order valence-electron chi connectivity index (χ1n) is 5.04. The molecule has 3 N–H and O–H groups in total. The number of carbonyl (C=O) groups is 1. The zero-order valence-electron chi connectivity index (χ0n) is 9.59. The maximum absolute atomic E-state index is 11.3. The van der Waals surface area contributed by atoms with E-state index in [1.165, 1.54) is 0 Å². The van der Waals surface area contributed by atoms with E-state index in [1.54, 1.807) is 0 Å². The van der Waals surface area contributed by atoms with Crippen molar-refractivity contribution in [1.82, 2.24) is 5.32 Å². The number of nitrogens with one attached hydrogen (secondary N) is 1. The molecule has 0 heterocycles. The Morgan fingerprint density at radius 3 is 2.50 bits per heavy atom. The van der Waals surface area contributed by atoms with Gasteiger partial charge < -0.3 is 15.8 Å². The topological polar surface area (TPSA) is 64.3 Å². The van der Waals surface area contributed by atoms with Gasteiger partial charge in [0, 0.05) is 6.04 Å². The van der Waals surface area contributed by atoms with Gasteiger partial charge in [-0.1, -0.05) is 0 Å². The van der Waals surface area contributed by atoms with Crippen LogP contribution in [-0.4, -0.2) is 24.3 Å². The quantitative estimate of drug-likeness (QED) is 0.728. The number of hydrogen-bond donors (Lipinski definition) is 2. The Morgan fingerprint density at radius 2 is 2.07 bits per heavy atom. The lowest BCUT2D eigenvalue weighted by Crippen LogP contribution is -2.37. The van der Waals surface area contributed by atoms with Crippen molar-refractivity contribution in [3.05, 3.63) is 0 Å². The van der Waals surface area contributed by atoms with E-state index < -0.39 is 5.60 Å². The molecule has 0 rings (SSSR count). The molecule has 0 aromatic carbocycles. The summed E-state index contributed by atoms with van der Waals surface area (Å²) >= 11 is 0. The molecule has 0 radical (unpaired) electrons. The van der Waals surface area contributed by atoms with Gasteiger partial charge in [0.25, 0.3) is 0 Å². The molecule has 0 saturated carbocycles. The summed E-state index contributed by atoms with van der Waals surface area (Å²) in [6.07, 6.45) is 1.44. The van der Waals surface area contributed by atoms with Crippen molar-refractivity contribution in [2.45, 2.75) is 52.2 Å². The van der Waals surface area contributed by atoms with Crippen LogP contribution in [0.15, 0.2) is 0 Å². The van der Waals surface area contributed by atoms with Crippen molar-refractivity contribution in [2.75, 3.05) is 6.54 Å². The van der Waals surface area contributed by atoms with E-state index in [-0.39, 0.29) is 12.1 Å². The van der Waals surface area contributed by atoms with Crippen molar-refractivity contribution < 1.29 is 9.53 Å². The van der Waals surface area contributed by atoms with Gasteiger partial charge in [0.1, 0.15) is 5.60 Å². The lowest BCUT2D eigenvalue weighted by Gasteiger charge is -2.21. The highest BCUT2D eigenvalue weighted by atomic mass is 16.6. The third-order valence-electron chi connectivity index (χ3n) is 1.60. The Hall–Kier alpha value is -0.770. The van der Waals surface area contributed by atoms with Crippen LogP contribution in [0, 0.1) is 0 Å². The van der Waals surface area contributed by atoms with Gasteiger partial charge in [-0.15, -0.1) is 0 Å². The van der Waals surface area contributed by atoms with Crippen LogP contribution < -0.4 is 11.1 Å². The van der Waals surface area contributed by atoms with Crippen molar-refractivity contribution in [1.29, 1.82) is 0 Å². The van der Waals surface area contributed by atoms with E-state index >= 15 is 0 Å². The summed E-state index contributed by atoms with van der Waals surface area (Å²) in [7, 11) is 0. The van der Waals surface area contributed by atoms with Crippen molar-refractivity contribution in [3.8, 4) is 0 Å². The van der Waals surface area contributed by atoms with Crippen LogP contribution >= 0.6 is 0 Å². The molecule has 0 aromatic heterocycles. The number of hydrogen-bond acceptors (Lipinski definition) is 3. The predicted octanol–water partition coefficient (Wildman–Crippen LogP) is 1.64. The van der Waals surface area contributed by atoms with E-state index in [4.69, 9.17) is 10.5 Å². The molecule has 0 bridgehead atoms. The lowest BCUT2D eigenvalue weighted by molar-refractivity contribution is 0.0506. The zero-order valence-corrected chi connectivity index (χ0v) is 9.59. The van der Waals surface area contributed by atoms with Crippen LogP contribution in [-0.2, 0) is 4.74 Å². The predicted molar refractivity (Wildman–Crippen MR) is 57.1 cm³/mol. The van der Waals surface area contributed by atoms with Gasteiger partial charge >= 0.3 is 6.09 Å². The number of amides is 1. The van der Waals surface area contributed by atoms with Gasteiger partial charge in [0.2, 0.25) is 0 Å². The number of alkyl carbamates (subject to hydrolysis) is 1. The minimum Gasteiger partial charge on any atom is -0.444 e. The summed E-state index contributed by atoms with van der Waals surface area (Å²) in [5.41, 5.74) is 4.93. The van der Waals surface area contributed by atoms with Gasteiger partial charge in [-0.2, -0.15) is 0 Å². The zero-order chi connectivity index (χ0) is 11.2.